The van der Waals surface area contributed by atoms with Crippen LogP contribution in [0.1, 0.15) is 36.7 Å². The number of fused-ring (bicyclic) bond motifs is 1. The van der Waals surface area contributed by atoms with Crippen LogP contribution in [0.15, 0.2) is 42.5 Å². The van der Waals surface area contributed by atoms with Gasteiger partial charge in [0.25, 0.3) is 0 Å². The highest BCUT2D eigenvalue weighted by atomic mass is 19.1. The third-order valence-corrected chi connectivity index (χ3v) is 3.61. The second-order valence-electron chi connectivity index (χ2n) is 5.01. The molecule has 0 bridgehead atoms. The molecule has 0 radical (unpaired) electrons. The molecule has 2 atom stereocenters. The summed E-state index contributed by atoms with van der Waals surface area (Å²) in [5.74, 6) is 0.752. The van der Waals surface area contributed by atoms with Crippen LogP contribution in [0.25, 0.3) is 0 Å². The zero-order valence-corrected chi connectivity index (χ0v) is 11.8. The normalized spacial score (nSPS) is 20.5. The van der Waals surface area contributed by atoms with Gasteiger partial charge in [-0.25, -0.2) is 4.39 Å². The van der Waals surface area contributed by atoms with E-state index in [-0.39, 0.29) is 11.9 Å². The van der Waals surface area contributed by atoms with Crippen LogP contribution in [0, 0.1) is 5.82 Å². The molecule has 21 heavy (non-hydrogen) atoms. The molecule has 0 aromatic heterocycles. The predicted octanol–water partition coefficient (Wildman–Crippen LogP) is 3.78. The first kappa shape index (κ1) is 13.9. The maximum Gasteiger partial charge on any atom is 0.130 e. The third-order valence-electron chi connectivity index (χ3n) is 3.61. The van der Waals surface area contributed by atoms with Gasteiger partial charge in [-0.05, 0) is 25.1 Å². The molecule has 0 saturated heterocycles. The highest BCUT2D eigenvalue weighted by Crippen LogP contribution is 2.43. The fourth-order valence-corrected chi connectivity index (χ4v) is 2.64. The van der Waals surface area contributed by atoms with Gasteiger partial charge in [-0.15, -0.1) is 0 Å². The fraction of sp³-hybridized carbons (Fsp3) is 0.294. The number of hydrogen-bond donors (Lipinski definition) is 1. The minimum absolute atomic E-state index is 0.350. The molecule has 0 spiro atoms. The van der Waals surface area contributed by atoms with Crippen LogP contribution < -0.4 is 9.47 Å². The Balaban J connectivity index is 1.95. The van der Waals surface area contributed by atoms with Crippen molar-refractivity contribution in [3.8, 4) is 11.5 Å². The lowest BCUT2D eigenvalue weighted by Crippen LogP contribution is -2.19. The van der Waals surface area contributed by atoms with Crippen LogP contribution in [0.4, 0.5) is 4.39 Å². The molecule has 0 amide bonds. The first-order chi connectivity index (χ1) is 10.2. The third kappa shape index (κ3) is 2.72. The lowest BCUT2D eigenvalue weighted by Gasteiger charge is -2.30. The molecule has 1 N–H and O–H groups in total. The first-order valence-electron chi connectivity index (χ1n) is 7.05. The standard InChI is InChI=1S/C17H17FO3/c1-2-20-15-6-4-3-5-13(15)17-10-14(19)12-8-7-11(18)9-16(12)21-17/h3-9,14,17,19H,2,10H2,1H3/t14-,17?/m0/s1. The van der Waals surface area contributed by atoms with E-state index < -0.39 is 6.10 Å². The summed E-state index contributed by atoms with van der Waals surface area (Å²) in [6.07, 6.45) is -0.603. The summed E-state index contributed by atoms with van der Waals surface area (Å²) < 4.78 is 24.8. The summed E-state index contributed by atoms with van der Waals surface area (Å²) >= 11 is 0. The second kappa shape index (κ2) is 5.74. The van der Waals surface area contributed by atoms with Gasteiger partial charge >= 0.3 is 0 Å². The SMILES string of the molecule is CCOc1ccccc1C1C[C@H](O)c2ccc(F)cc2O1. The van der Waals surface area contributed by atoms with Crippen LogP contribution >= 0.6 is 0 Å². The van der Waals surface area contributed by atoms with Crippen molar-refractivity contribution in [2.75, 3.05) is 6.61 Å². The number of rotatable bonds is 3. The molecule has 2 aromatic carbocycles. The Kier molecular flexibility index (Phi) is 3.80. The summed E-state index contributed by atoms with van der Waals surface area (Å²) in [4.78, 5) is 0. The summed E-state index contributed by atoms with van der Waals surface area (Å²) in [6, 6.07) is 11.8. The van der Waals surface area contributed by atoms with Gasteiger partial charge < -0.3 is 14.6 Å². The van der Waals surface area contributed by atoms with Crippen molar-refractivity contribution < 1.29 is 19.0 Å². The van der Waals surface area contributed by atoms with E-state index in [0.29, 0.717) is 24.3 Å². The smallest absolute Gasteiger partial charge is 0.130 e. The van der Waals surface area contributed by atoms with Gasteiger partial charge in [0.1, 0.15) is 23.4 Å². The van der Waals surface area contributed by atoms with E-state index >= 15 is 0 Å². The highest BCUT2D eigenvalue weighted by molar-refractivity contribution is 5.42. The summed E-state index contributed by atoms with van der Waals surface area (Å²) in [7, 11) is 0. The van der Waals surface area contributed by atoms with E-state index in [4.69, 9.17) is 9.47 Å². The number of halogens is 1. The van der Waals surface area contributed by atoms with Crippen LogP contribution in [0.3, 0.4) is 0 Å². The molecular weight excluding hydrogens is 271 g/mol. The van der Waals surface area contributed by atoms with Gasteiger partial charge in [0.2, 0.25) is 0 Å². The summed E-state index contributed by atoms with van der Waals surface area (Å²) in [5, 5.41) is 10.3. The van der Waals surface area contributed by atoms with Crippen molar-refractivity contribution in [2.45, 2.75) is 25.6 Å². The molecule has 0 saturated carbocycles. The van der Waals surface area contributed by atoms with Crippen LogP contribution in [-0.2, 0) is 0 Å². The van der Waals surface area contributed by atoms with E-state index in [1.165, 1.54) is 12.1 Å². The molecule has 4 heteroatoms. The molecule has 2 aromatic rings. The number of ether oxygens (including phenoxy) is 2. The number of aliphatic hydroxyl groups is 1. The summed E-state index contributed by atoms with van der Waals surface area (Å²) in [6.45, 7) is 2.47. The predicted molar refractivity (Wildman–Crippen MR) is 77.0 cm³/mol. The van der Waals surface area contributed by atoms with Gasteiger partial charge in [-0.2, -0.15) is 0 Å². The van der Waals surface area contributed by atoms with Crippen molar-refractivity contribution in [1.82, 2.24) is 0 Å². The zero-order chi connectivity index (χ0) is 14.8. The molecule has 110 valence electrons. The number of para-hydroxylation sites is 1. The Bertz CT molecular complexity index is 642. The van der Waals surface area contributed by atoms with Crippen molar-refractivity contribution in [1.29, 1.82) is 0 Å². The first-order valence-corrected chi connectivity index (χ1v) is 7.05. The maximum absolute atomic E-state index is 13.4. The van der Waals surface area contributed by atoms with E-state index in [2.05, 4.69) is 0 Å². The Labute approximate surface area is 122 Å². The number of hydrogen-bond acceptors (Lipinski definition) is 3. The van der Waals surface area contributed by atoms with Crippen LogP contribution in [-0.4, -0.2) is 11.7 Å². The van der Waals surface area contributed by atoms with Gasteiger partial charge in [0.15, 0.2) is 0 Å². The Morgan fingerprint density at radius 1 is 1.24 bits per heavy atom. The quantitative estimate of drug-likeness (QED) is 0.934. The van der Waals surface area contributed by atoms with E-state index in [1.807, 2.05) is 31.2 Å². The molecule has 1 aliphatic heterocycles. The Hall–Kier alpha value is -2.07. The largest absolute Gasteiger partial charge is 0.493 e. The zero-order valence-electron chi connectivity index (χ0n) is 11.8. The second-order valence-corrected chi connectivity index (χ2v) is 5.01. The lowest BCUT2D eigenvalue weighted by molar-refractivity contribution is 0.0639. The van der Waals surface area contributed by atoms with E-state index in [9.17, 15) is 9.50 Å². The van der Waals surface area contributed by atoms with Gasteiger partial charge in [0.05, 0.1) is 12.7 Å². The van der Waals surface area contributed by atoms with Crippen molar-refractivity contribution >= 4 is 0 Å². The minimum atomic E-state index is -0.672. The monoisotopic (exact) mass is 288 g/mol. The Morgan fingerprint density at radius 2 is 2.05 bits per heavy atom. The van der Waals surface area contributed by atoms with E-state index in [0.717, 1.165) is 11.3 Å². The average molecular weight is 288 g/mol. The van der Waals surface area contributed by atoms with Crippen molar-refractivity contribution in [2.24, 2.45) is 0 Å². The molecule has 0 aliphatic carbocycles. The van der Waals surface area contributed by atoms with Crippen molar-refractivity contribution in [3.05, 3.63) is 59.4 Å². The van der Waals surface area contributed by atoms with E-state index in [1.54, 1.807) is 6.07 Å². The highest BCUT2D eigenvalue weighted by Gasteiger charge is 2.30. The molecule has 0 fully saturated rings. The lowest BCUT2D eigenvalue weighted by atomic mass is 9.94. The number of aliphatic hydroxyl groups excluding tert-OH is 1. The van der Waals surface area contributed by atoms with Crippen LogP contribution in [0.2, 0.25) is 0 Å². The van der Waals surface area contributed by atoms with Gasteiger partial charge in [-0.3, -0.25) is 0 Å². The number of benzene rings is 2. The Morgan fingerprint density at radius 3 is 2.86 bits per heavy atom. The fourth-order valence-electron chi connectivity index (χ4n) is 2.64. The van der Waals surface area contributed by atoms with Gasteiger partial charge in [0, 0.05) is 23.6 Å². The topological polar surface area (TPSA) is 38.7 Å². The minimum Gasteiger partial charge on any atom is -0.493 e. The average Bonchev–Trinajstić information content (AvgIpc) is 2.47. The molecular formula is C17H17FO3. The van der Waals surface area contributed by atoms with Gasteiger partial charge in [-0.1, -0.05) is 18.2 Å². The van der Waals surface area contributed by atoms with Crippen molar-refractivity contribution in [3.63, 3.8) is 0 Å². The molecule has 1 aliphatic rings. The molecule has 1 heterocycles. The molecule has 3 rings (SSSR count). The maximum atomic E-state index is 13.4. The summed E-state index contributed by atoms with van der Waals surface area (Å²) in [5.41, 5.74) is 1.50. The van der Waals surface area contributed by atoms with Crippen LogP contribution in [0.5, 0.6) is 11.5 Å². The molecule has 1 unspecified atom stereocenters. The molecule has 3 nitrogen and oxygen atoms in total.